The van der Waals surface area contributed by atoms with Crippen molar-refractivity contribution in [3.05, 3.63) is 42.1 Å². The Bertz CT molecular complexity index is 696. The first-order chi connectivity index (χ1) is 9.89. The van der Waals surface area contributed by atoms with Gasteiger partial charge in [-0.2, -0.15) is 5.26 Å². The molecule has 0 saturated heterocycles. The second-order valence-corrected chi connectivity index (χ2v) is 3.83. The number of nitrogens with two attached hydrogens (primary N) is 1. The molecule has 2 rings (SSSR count). The molecule has 2 aromatic rings. The lowest BCUT2D eigenvalue weighted by atomic mass is 10.3. The number of ether oxygens (including phenoxy) is 2. The summed E-state index contributed by atoms with van der Waals surface area (Å²) in [4.78, 5) is 3.78. The SMILES string of the molecule is N#Cc1cnc(Oc2ccccc2OC(F)(F)F)c(N)c1. The summed E-state index contributed by atoms with van der Waals surface area (Å²) in [5, 5.41) is 8.68. The smallest absolute Gasteiger partial charge is 0.433 e. The zero-order valence-corrected chi connectivity index (χ0v) is 10.4. The highest BCUT2D eigenvalue weighted by atomic mass is 19.4. The number of aromatic nitrogens is 1. The van der Waals surface area contributed by atoms with Crippen LogP contribution in [-0.4, -0.2) is 11.3 Å². The van der Waals surface area contributed by atoms with Crippen LogP contribution in [0.3, 0.4) is 0 Å². The zero-order chi connectivity index (χ0) is 15.5. The molecule has 21 heavy (non-hydrogen) atoms. The van der Waals surface area contributed by atoms with E-state index in [0.717, 1.165) is 6.07 Å². The van der Waals surface area contributed by atoms with Gasteiger partial charge in [0.2, 0.25) is 5.88 Å². The maximum atomic E-state index is 12.3. The topological polar surface area (TPSA) is 81.2 Å². The molecule has 0 bridgehead atoms. The van der Waals surface area contributed by atoms with Crippen LogP contribution in [0.1, 0.15) is 5.56 Å². The molecule has 5 nitrogen and oxygen atoms in total. The highest BCUT2D eigenvalue weighted by Crippen LogP contribution is 2.35. The summed E-state index contributed by atoms with van der Waals surface area (Å²) < 4.78 is 45.9. The van der Waals surface area contributed by atoms with Crippen LogP contribution in [0.15, 0.2) is 36.5 Å². The minimum atomic E-state index is -4.84. The molecule has 0 unspecified atom stereocenters. The number of para-hydroxylation sites is 2. The van der Waals surface area contributed by atoms with E-state index in [9.17, 15) is 13.2 Å². The standard InChI is InChI=1S/C13H8F3N3O2/c14-13(15,16)21-11-4-2-1-3-10(11)20-12-9(18)5-8(6-17)7-19-12/h1-5,7H,18H2. The van der Waals surface area contributed by atoms with Crippen molar-refractivity contribution >= 4 is 5.69 Å². The fourth-order valence-corrected chi connectivity index (χ4v) is 1.46. The molecule has 1 aromatic heterocycles. The minimum absolute atomic E-state index is 0.0239. The Morgan fingerprint density at radius 1 is 1.19 bits per heavy atom. The van der Waals surface area contributed by atoms with Crippen LogP contribution in [0.4, 0.5) is 18.9 Å². The van der Waals surface area contributed by atoms with Crippen molar-refractivity contribution in [3.8, 4) is 23.4 Å². The molecule has 0 spiro atoms. The van der Waals surface area contributed by atoms with Crippen LogP contribution in [0.2, 0.25) is 0 Å². The molecule has 1 aromatic carbocycles. The van der Waals surface area contributed by atoms with Gasteiger partial charge in [-0.15, -0.1) is 13.2 Å². The van der Waals surface area contributed by atoms with Gasteiger partial charge in [-0.25, -0.2) is 4.98 Å². The Kier molecular flexibility index (Phi) is 3.84. The van der Waals surface area contributed by atoms with E-state index in [-0.39, 0.29) is 22.9 Å². The highest BCUT2D eigenvalue weighted by molar-refractivity contribution is 5.54. The number of hydrogen-bond donors (Lipinski definition) is 1. The molecule has 0 amide bonds. The Labute approximate surface area is 117 Å². The second-order valence-electron chi connectivity index (χ2n) is 3.83. The predicted octanol–water partition coefficient (Wildman–Crippen LogP) is 3.23. The van der Waals surface area contributed by atoms with Crippen molar-refractivity contribution in [1.82, 2.24) is 4.98 Å². The number of nitriles is 1. The molecule has 8 heteroatoms. The van der Waals surface area contributed by atoms with Crippen LogP contribution in [0.25, 0.3) is 0 Å². The predicted molar refractivity (Wildman–Crippen MR) is 66.6 cm³/mol. The molecular weight excluding hydrogens is 287 g/mol. The number of benzene rings is 1. The summed E-state index contributed by atoms with van der Waals surface area (Å²) in [7, 11) is 0. The zero-order valence-electron chi connectivity index (χ0n) is 10.4. The van der Waals surface area contributed by atoms with Gasteiger partial charge in [-0.1, -0.05) is 12.1 Å². The van der Waals surface area contributed by atoms with E-state index in [2.05, 4.69) is 9.72 Å². The molecule has 2 N–H and O–H groups in total. The van der Waals surface area contributed by atoms with E-state index in [1.807, 2.05) is 6.07 Å². The first-order valence-corrected chi connectivity index (χ1v) is 5.57. The Morgan fingerprint density at radius 3 is 2.43 bits per heavy atom. The first-order valence-electron chi connectivity index (χ1n) is 5.57. The van der Waals surface area contributed by atoms with Crippen LogP contribution >= 0.6 is 0 Å². The number of pyridine rings is 1. The van der Waals surface area contributed by atoms with Gasteiger partial charge in [0.1, 0.15) is 6.07 Å². The van der Waals surface area contributed by atoms with Crippen molar-refractivity contribution in [3.63, 3.8) is 0 Å². The number of nitrogens with zero attached hydrogens (tertiary/aromatic N) is 2. The highest BCUT2D eigenvalue weighted by Gasteiger charge is 2.32. The maximum Gasteiger partial charge on any atom is 0.573 e. The van der Waals surface area contributed by atoms with Crippen molar-refractivity contribution in [2.24, 2.45) is 0 Å². The number of alkyl halides is 3. The summed E-state index contributed by atoms with van der Waals surface area (Å²) >= 11 is 0. The molecule has 0 radical (unpaired) electrons. The minimum Gasteiger partial charge on any atom is -0.433 e. The summed E-state index contributed by atoms with van der Waals surface area (Å²) in [6.45, 7) is 0. The van der Waals surface area contributed by atoms with E-state index >= 15 is 0 Å². The second kappa shape index (κ2) is 5.58. The summed E-state index contributed by atoms with van der Waals surface area (Å²) in [5.74, 6) is -0.832. The Balaban J connectivity index is 2.30. The molecule has 0 fully saturated rings. The van der Waals surface area contributed by atoms with Gasteiger partial charge in [-0.3, -0.25) is 0 Å². The van der Waals surface area contributed by atoms with Crippen LogP contribution in [0.5, 0.6) is 17.4 Å². The number of halogens is 3. The third kappa shape index (κ3) is 3.76. The van der Waals surface area contributed by atoms with Gasteiger partial charge in [0.05, 0.1) is 11.3 Å². The van der Waals surface area contributed by atoms with Crippen molar-refractivity contribution < 1.29 is 22.6 Å². The van der Waals surface area contributed by atoms with Crippen molar-refractivity contribution in [2.45, 2.75) is 6.36 Å². The van der Waals surface area contributed by atoms with Gasteiger partial charge in [0.25, 0.3) is 0 Å². The summed E-state index contributed by atoms with van der Waals surface area (Å²) in [6, 6.07) is 8.34. The number of nitrogen functional groups attached to an aromatic ring is 1. The number of hydrogen-bond acceptors (Lipinski definition) is 5. The average molecular weight is 295 g/mol. The molecule has 108 valence electrons. The molecule has 0 atom stereocenters. The first kappa shape index (κ1) is 14.5. The van der Waals surface area contributed by atoms with Crippen LogP contribution < -0.4 is 15.2 Å². The lowest BCUT2D eigenvalue weighted by molar-refractivity contribution is -0.275. The lowest BCUT2D eigenvalue weighted by Crippen LogP contribution is -2.17. The van der Waals surface area contributed by atoms with Gasteiger partial charge >= 0.3 is 6.36 Å². The summed E-state index contributed by atoms with van der Waals surface area (Å²) in [5.41, 5.74) is 5.85. The molecule has 1 heterocycles. The van der Waals surface area contributed by atoms with E-state index < -0.39 is 12.1 Å². The molecule has 0 aliphatic carbocycles. The Hall–Kier alpha value is -2.95. The molecule has 0 aliphatic heterocycles. The fraction of sp³-hybridized carbons (Fsp3) is 0.0769. The quantitative estimate of drug-likeness (QED) is 0.940. The van der Waals surface area contributed by atoms with Crippen molar-refractivity contribution in [2.75, 3.05) is 5.73 Å². The largest absolute Gasteiger partial charge is 0.573 e. The third-order valence-corrected chi connectivity index (χ3v) is 2.29. The lowest BCUT2D eigenvalue weighted by Gasteiger charge is -2.13. The van der Waals surface area contributed by atoms with Crippen molar-refractivity contribution in [1.29, 1.82) is 5.26 Å². The maximum absolute atomic E-state index is 12.3. The molecular formula is C13H8F3N3O2. The van der Waals surface area contributed by atoms with E-state index in [1.165, 1.54) is 30.5 Å². The third-order valence-electron chi connectivity index (χ3n) is 2.29. The van der Waals surface area contributed by atoms with Gasteiger partial charge < -0.3 is 15.2 Å². The molecule has 0 aliphatic rings. The number of anilines is 1. The van der Waals surface area contributed by atoms with Gasteiger partial charge in [0, 0.05) is 6.20 Å². The Morgan fingerprint density at radius 2 is 1.86 bits per heavy atom. The van der Waals surface area contributed by atoms with Gasteiger partial charge in [-0.05, 0) is 18.2 Å². The van der Waals surface area contributed by atoms with Gasteiger partial charge in [0.15, 0.2) is 11.5 Å². The molecule has 0 saturated carbocycles. The fourth-order valence-electron chi connectivity index (χ4n) is 1.46. The van der Waals surface area contributed by atoms with E-state index in [1.54, 1.807) is 0 Å². The van der Waals surface area contributed by atoms with Crippen LogP contribution in [0, 0.1) is 11.3 Å². The monoisotopic (exact) mass is 295 g/mol. The van der Waals surface area contributed by atoms with E-state index in [4.69, 9.17) is 15.7 Å². The van der Waals surface area contributed by atoms with E-state index in [0.29, 0.717) is 0 Å². The average Bonchev–Trinajstić information content (AvgIpc) is 2.41. The summed E-state index contributed by atoms with van der Waals surface area (Å²) in [6.07, 6.45) is -3.65. The van der Waals surface area contributed by atoms with Crippen LogP contribution in [-0.2, 0) is 0 Å². The normalized spacial score (nSPS) is 10.8. The number of rotatable bonds is 3.